The van der Waals surface area contributed by atoms with E-state index in [1.54, 1.807) is 6.07 Å². The zero-order valence-corrected chi connectivity index (χ0v) is 12.3. The molecule has 2 aromatic rings. The standard InChI is InChI=1S/C15H11N3O6/c1-24-15(23)12-11(17)7(5-16)6-18(12)9-4-2-3-8(13(19)20)10(9)14(21)22/h2-4,6H,17H2,1H3,(H,19,20)(H,21,22). The Hall–Kier alpha value is -3.80. The Labute approximate surface area is 135 Å². The van der Waals surface area contributed by atoms with Gasteiger partial charge in [-0.15, -0.1) is 0 Å². The maximum Gasteiger partial charge on any atom is 0.357 e. The van der Waals surface area contributed by atoms with Gasteiger partial charge in [0, 0.05) is 6.20 Å². The fraction of sp³-hybridized carbons (Fsp3) is 0.0667. The number of rotatable bonds is 4. The fourth-order valence-corrected chi connectivity index (χ4v) is 2.25. The Bertz CT molecular complexity index is 907. The van der Waals surface area contributed by atoms with Crippen molar-refractivity contribution in [3.05, 3.63) is 46.8 Å². The van der Waals surface area contributed by atoms with Crippen LogP contribution in [0.15, 0.2) is 24.4 Å². The maximum absolute atomic E-state index is 12.0. The van der Waals surface area contributed by atoms with Crippen LogP contribution in [0.5, 0.6) is 0 Å². The van der Waals surface area contributed by atoms with Crippen LogP contribution in [-0.4, -0.2) is 39.8 Å². The molecule has 0 saturated heterocycles. The first-order chi connectivity index (χ1) is 11.3. The molecule has 0 aliphatic rings. The van der Waals surface area contributed by atoms with Crippen LogP contribution in [-0.2, 0) is 4.74 Å². The normalized spacial score (nSPS) is 10.0. The SMILES string of the molecule is COC(=O)c1c(N)c(C#N)cn1-c1cccc(C(=O)O)c1C(=O)O. The van der Waals surface area contributed by atoms with Gasteiger partial charge in [-0.05, 0) is 12.1 Å². The Balaban J connectivity index is 2.90. The van der Waals surface area contributed by atoms with E-state index in [0.29, 0.717) is 0 Å². The maximum atomic E-state index is 12.0. The molecule has 24 heavy (non-hydrogen) atoms. The highest BCUT2D eigenvalue weighted by atomic mass is 16.5. The third-order valence-corrected chi connectivity index (χ3v) is 3.29. The largest absolute Gasteiger partial charge is 0.478 e. The van der Waals surface area contributed by atoms with Crippen molar-refractivity contribution < 1.29 is 29.3 Å². The van der Waals surface area contributed by atoms with Crippen LogP contribution in [0.3, 0.4) is 0 Å². The molecular formula is C15H11N3O6. The molecule has 0 saturated carbocycles. The number of nitriles is 1. The van der Waals surface area contributed by atoms with E-state index in [9.17, 15) is 24.6 Å². The number of nitrogen functional groups attached to an aromatic ring is 1. The van der Waals surface area contributed by atoms with Crippen molar-refractivity contribution in [2.75, 3.05) is 12.8 Å². The summed E-state index contributed by atoms with van der Waals surface area (Å²) in [6.07, 6.45) is 1.15. The number of benzene rings is 1. The lowest BCUT2D eigenvalue weighted by Gasteiger charge is -2.13. The number of aromatic carboxylic acids is 2. The summed E-state index contributed by atoms with van der Waals surface area (Å²) in [5, 5.41) is 27.6. The van der Waals surface area contributed by atoms with Crippen molar-refractivity contribution in [1.82, 2.24) is 4.57 Å². The summed E-state index contributed by atoms with van der Waals surface area (Å²) < 4.78 is 5.64. The van der Waals surface area contributed by atoms with Crippen molar-refractivity contribution in [2.24, 2.45) is 0 Å². The summed E-state index contributed by atoms with van der Waals surface area (Å²) in [5.41, 5.74) is 4.06. The van der Waals surface area contributed by atoms with E-state index in [0.717, 1.165) is 23.9 Å². The Morgan fingerprint density at radius 1 is 1.25 bits per heavy atom. The second-order valence-electron chi connectivity index (χ2n) is 4.59. The first-order valence-electron chi connectivity index (χ1n) is 6.42. The van der Waals surface area contributed by atoms with Gasteiger partial charge in [0.15, 0.2) is 5.69 Å². The molecule has 0 spiro atoms. The number of methoxy groups -OCH3 is 1. The number of nitrogens with zero attached hydrogens (tertiary/aromatic N) is 2. The number of carboxylic acids is 2. The van der Waals surface area contributed by atoms with Crippen LogP contribution in [0.25, 0.3) is 5.69 Å². The molecule has 0 fully saturated rings. The molecule has 1 heterocycles. The highest BCUT2D eigenvalue weighted by molar-refractivity contribution is 6.05. The van der Waals surface area contributed by atoms with Crippen LogP contribution >= 0.6 is 0 Å². The van der Waals surface area contributed by atoms with Gasteiger partial charge in [-0.25, -0.2) is 14.4 Å². The smallest absolute Gasteiger partial charge is 0.357 e. The van der Waals surface area contributed by atoms with E-state index in [2.05, 4.69) is 4.74 Å². The predicted molar refractivity (Wildman–Crippen MR) is 80.2 cm³/mol. The van der Waals surface area contributed by atoms with Crippen LogP contribution < -0.4 is 5.73 Å². The number of nitrogens with two attached hydrogens (primary N) is 1. The summed E-state index contributed by atoms with van der Waals surface area (Å²) in [6, 6.07) is 5.50. The van der Waals surface area contributed by atoms with E-state index < -0.39 is 29.0 Å². The van der Waals surface area contributed by atoms with Crippen LogP contribution in [0.1, 0.15) is 36.8 Å². The fourth-order valence-electron chi connectivity index (χ4n) is 2.25. The lowest BCUT2D eigenvalue weighted by molar-refractivity contribution is 0.0590. The average molecular weight is 329 g/mol. The predicted octanol–water partition coefficient (Wildman–Crippen LogP) is 1.11. The zero-order chi connectivity index (χ0) is 18.0. The molecule has 0 amide bonds. The van der Waals surface area contributed by atoms with Gasteiger partial charge >= 0.3 is 17.9 Å². The summed E-state index contributed by atoms with van der Waals surface area (Å²) in [7, 11) is 1.09. The second kappa shape index (κ2) is 6.13. The summed E-state index contributed by atoms with van der Waals surface area (Å²) in [4.78, 5) is 34.8. The molecule has 1 aromatic carbocycles. The lowest BCUT2D eigenvalue weighted by atomic mass is 10.0. The van der Waals surface area contributed by atoms with Gasteiger partial charge in [-0.2, -0.15) is 5.26 Å². The number of carbonyl (C=O) groups excluding carboxylic acids is 1. The molecule has 0 atom stereocenters. The number of esters is 1. The number of anilines is 1. The summed E-state index contributed by atoms with van der Waals surface area (Å²) in [5.74, 6) is -3.86. The minimum atomic E-state index is -1.51. The van der Waals surface area contributed by atoms with Crippen LogP contribution in [0.2, 0.25) is 0 Å². The molecule has 1 aromatic heterocycles. The van der Waals surface area contributed by atoms with Crippen molar-refractivity contribution >= 4 is 23.6 Å². The highest BCUT2D eigenvalue weighted by Crippen LogP contribution is 2.28. The molecule has 122 valence electrons. The lowest BCUT2D eigenvalue weighted by Crippen LogP contribution is -2.16. The van der Waals surface area contributed by atoms with Gasteiger partial charge < -0.3 is 25.3 Å². The number of carboxylic acid groups (broad SMARTS) is 2. The molecule has 0 aliphatic heterocycles. The second-order valence-corrected chi connectivity index (χ2v) is 4.59. The molecule has 0 radical (unpaired) electrons. The molecule has 4 N–H and O–H groups in total. The van der Waals surface area contributed by atoms with Crippen molar-refractivity contribution in [1.29, 1.82) is 5.26 Å². The Morgan fingerprint density at radius 3 is 2.42 bits per heavy atom. The molecule has 0 unspecified atom stereocenters. The molecule has 0 bridgehead atoms. The number of hydrogen-bond donors (Lipinski definition) is 3. The van der Waals surface area contributed by atoms with Gasteiger partial charge in [0.05, 0.1) is 35.2 Å². The monoisotopic (exact) mass is 329 g/mol. The van der Waals surface area contributed by atoms with E-state index in [1.165, 1.54) is 12.1 Å². The molecule has 2 rings (SSSR count). The number of hydrogen-bond acceptors (Lipinski definition) is 6. The Morgan fingerprint density at radius 2 is 1.92 bits per heavy atom. The number of ether oxygens (including phenoxy) is 1. The zero-order valence-electron chi connectivity index (χ0n) is 12.3. The van der Waals surface area contributed by atoms with Crippen molar-refractivity contribution in [3.8, 4) is 11.8 Å². The first-order valence-corrected chi connectivity index (χ1v) is 6.42. The van der Waals surface area contributed by atoms with Gasteiger partial charge in [-0.3, -0.25) is 0 Å². The van der Waals surface area contributed by atoms with Gasteiger partial charge in [-0.1, -0.05) is 6.07 Å². The molecule has 9 heteroatoms. The Kier molecular flexibility index (Phi) is 4.23. The quantitative estimate of drug-likeness (QED) is 0.704. The minimum absolute atomic E-state index is 0.0764. The third kappa shape index (κ3) is 2.52. The van der Waals surface area contributed by atoms with E-state index in [1.807, 2.05) is 0 Å². The molecule has 0 aliphatic carbocycles. The van der Waals surface area contributed by atoms with E-state index in [4.69, 9.17) is 11.0 Å². The van der Waals surface area contributed by atoms with Gasteiger partial charge in [0.1, 0.15) is 6.07 Å². The highest BCUT2D eigenvalue weighted by Gasteiger charge is 2.27. The number of carbonyl (C=O) groups is 3. The summed E-state index contributed by atoms with van der Waals surface area (Å²) in [6.45, 7) is 0. The van der Waals surface area contributed by atoms with Gasteiger partial charge in [0.2, 0.25) is 0 Å². The topological polar surface area (TPSA) is 156 Å². The molecule has 9 nitrogen and oxygen atoms in total. The van der Waals surface area contributed by atoms with Crippen molar-refractivity contribution in [3.63, 3.8) is 0 Å². The summed E-state index contributed by atoms with van der Waals surface area (Å²) >= 11 is 0. The van der Waals surface area contributed by atoms with Crippen molar-refractivity contribution in [2.45, 2.75) is 0 Å². The average Bonchev–Trinajstić information content (AvgIpc) is 2.89. The third-order valence-electron chi connectivity index (χ3n) is 3.29. The number of aromatic nitrogens is 1. The van der Waals surface area contributed by atoms with Crippen LogP contribution in [0.4, 0.5) is 5.69 Å². The van der Waals surface area contributed by atoms with Gasteiger partial charge in [0.25, 0.3) is 0 Å². The van der Waals surface area contributed by atoms with Crippen LogP contribution in [0, 0.1) is 11.3 Å². The molecular weight excluding hydrogens is 318 g/mol. The van der Waals surface area contributed by atoms with E-state index in [-0.39, 0.29) is 22.6 Å². The van der Waals surface area contributed by atoms with E-state index >= 15 is 0 Å². The minimum Gasteiger partial charge on any atom is -0.478 e. The first kappa shape index (κ1) is 16.6.